The highest BCUT2D eigenvalue weighted by Gasteiger charge is 2.36. The fraction of sp³-hybridized carbons (Fsp3) is 0.714. The summed E-state index contributed by atoms with van der Waals surface area (Å²) < 4.78 is 0.420. The van der Waals surface area contributed by atoms with Gasteiger partial charge in [0.1, 0.15) is 17.5 Å². The Labute approximate surface area is 120 Å². The molecule has 19 heavy (non-hydrogen) atoms. The molecule has 1 saturated carbocycles. The third-order valence-corrected chi connectivity index (χ3v) is 5.30. The van der Waals surface area contributed by atoms with Crippen molar-refractivity contribution in [3.8, 4) is 0 Å². The van der Waals surface area contributed by atoms with Gasteiger partial charge in [-0.15, -0.1) is 0 Å². The molecular weight excluding hydrogens is 256 g/mol. The van der Waals surface area contributed by atoms with Crippen LogP contribution in [-0.4, -0.2) is 34.1 Å². The van der Waals surface area contributed by atoms with E-state index in [1.54, 1.807) is 0 Å². The van der Waals surface area contributed by atoms with E-state index in [0.29, 0.717) is 4.75 Å². The van der Waals surface area contributed by atoms with Gasteiger partial charge in [-0.1, -0.05) is 6.42 Å². The summed E-state index contributed by atoms with van der Waals surface area (Å²) in [5.41, 5.74) is 1.11. The first-order chi connectivity index (χ1) is 9.10. The van der Waals surface area contributed by atoms with E-state index in [1.165, 1.54) is 19.3 Å². The van der Waals surface area contributed by atoms with Crippen molar-refractivity contribution >= 4 is 23.4 Å². The van der Waals surface area contributed by atoms with Gasteiger partial charge in [0.15, 0.2) is 0 Å². The van der Waals surface area contributed by atoms with E-state index in [4.69, 9.17) is 0 Å². The van der Waals surface area contributed by atoms with Crippen molar-refractivity contribution in [2.75, 3.05) is 30.0 Å². The van der Waals surface area contributed by atoms with Crippen molar-refractivity contribution in [2.45, 2.75) is 44.8 Å². The van der Waals surface area contributed by atoms with Crippen LogP contribution >= 0.6 is 11.8 Å². The van der Waals surface area contributed by atoms with E-state index in [0.717, 1.165) is 36.1 Å². The summed E-state index contributed by atoms with van der Waals surface area (Å²) in [6.07, 6.45) is 6.19. The molecule has 4 nitrogen and oxygen atoms in total. The van der Waals surface area contributed by atoms with Crippen molar-refractivity contribution in [1.82, 2.24) is 9.97 Å². The van der Waals surface area contributed by atoms with Crippen LogP contribution in [0.3, 0.4) is 0 Å². The van der Waals surface area contributed by atoms with Crippen LogP contribution in [0.15, 0.2) is 0 Å². The zero-order valence-corrected chi connectivity index (χ0v) is 13.2. The van der Waals surface area contributed by atoms with Crippen LogP contribution in [0.5, 0.6) is 0 Å². The minimum atomic E-state index is 0.420. The number of thioether (sulfide) groups is 1. The Bertz CT molecular complexity index is 438. The second-order valence-electron chi connectivity index (χ2n) is 5.22. The lowest BCUT2D eigenvalue weighted by Gasteiger charge is -2.40. The minimum absolute atomic E-state index is 0.420. The standard InChI is InChI=1S/C14H24N4S/c1-5-15-12-10(2)13(18-11(3)17-12)16-9-14(19-4)7-6-8-14/h5-9H2,1-4H3,(H2,15,16,17,18). The Morgan fingerprint density at radius 1 is 1.16 bits per heavy atom. The van der Waals surface area contributed by atoms with E-state index in [2.05, 4.69) is 40.7 Å². The molecular formula is C14H24N4S. The molecule has 1 aromatic heterocycles. The van der Waals surface area contributed by atoms with Crippen molar-refractivity contribution in [2.24, 2.45) is 0 Å². The molecule has 0 unspecified atom stereocenters. The summed E-state index contributed by atoms with van der Waals surface area (Å²) in [5.74, 6) is 2.74. The fourth-order valence-corrected chi connectivity index (χ4v) is 3.32. The first-order valence-corrected chi connectivity index (χ1v) is 8.21. The largest absolute Gasteiger partial charge is 0.370 e. The second kappa shape index (κ2) is 5.99. The van der Waals surface area contributed by atoms with Crippen molar-refractivity contribution in [3.05, 3.63) is 11.4 Å². The number of aromatic nitrogens is 2. The molecule has 0 bridgehead atoms. The Balaban J connectivity index is 2.11. The summed E-state index contributed by atoms with van der Waals surface area (Å²) in [7, 11) is 0. The molecule has 0 aliphatic heterocycles. The molecule has 2 rings (SSSR count). The summed E-state index contributed by atoms with van der Waals surface area (Å²) in [6, 6.07) is 0. The van der Waals surface area contributed by atoms with Gasteiger partial charge in [-0.05, 0) is 39.9 Å². The fourth-order valence-electron chi connectivity index (χ4n) is 2.41. The molecule has 0 atom stereocenters. The lowest BCUT2D eigenvalue weighted by molar-refractivity contribution is 0.379. The zero-order chi connectivity index (χ0) is 13.9. The van der Waals surface area contributed by atoms with Crippen LogP contribution in [0, 0.1) is 13.8 Å². The first kappa shape index (κ1) is 14.4. The molecule has 0 radical (unpaired) electrons. The molecule has 1 heterocycles. The molecule has 106 valence electrons. The average Bonchev–Trinajstić information content (AvgIpc) is 2.34. The maximum Gasteiger partial charge on any atom is 0.134 e. The molecule has 0 amide bonds. The molecule has 0 saturated heterocycles. The Hall–Kier alpha value is -0.970. The monoisotopic (exact) mass is 280 g/mol. The molecule has 1 aliphatic rings. The summed E-state index contributed by atoms with van der Waals surface area (Å²) in [4.78, 5) is 8.99. The third kappa shape index (κ3) is 3.14. The minimum Gasteiger partial charge on any atom is -0.370 e. The van der Waals surface area contributed by atoms with E-state index >= 15 is 0 Å². The second-order valence-corrected chi connectivity index (χ2v) is 6.49. The average molecular weight is 280 g/mol. The lowest BCUT2D eigenvalue weighted by atomic mass is 9.84. The number of anilines is 2. The Morgan fingerprint density at radius 3 is 2.26 bits per heavy atom. The van der Waals surface area contributed by atoms with Gasteiger partial charge in [0.2, 0.25) is 0 Å². The molecule has 1 aromatic rings. The van der Waals surface area contributed by atoms with Crippen LogP contribution in [0.25, 0.3) is 0 Å². The number of hydrogen-bond donors (Lipinski definition) is 2. The van der Waals surface area contributed by atoms with Crippen LogP contribution in [0.1, 0.15) is 37.6 Å². The van der Waals surface area contributed by atoms with Crippen molar-refractivity contribution < 1.29 is 0 Å². The number of hydrogen-bond acceptors (Lipinski definition) is 5. The molecule has 1 aliphatic carbocycles. The van der Waals surface area contributed by atoms with E-state index < -0.39 is 0 Å². The van der Waals surface area contributed by atoms with Crippen LogP contribution < -0.4 is 10.6 Å². The summed E-state index contributed by atoms with van der Waals surface area (Å²) in [5, 5.41) is 6.83. The van der Waals surface area contributed by atoms with Gasteiger partial charge in [-0.2, -0.15) is 11.8 Å². The van der Waals surface area contributed by atoms with Gasteiger partial charge < -0.3 is 10.6 Å². The molecule has 0 aromatic carbocycles. The van der Waals surface area contributed by atoms with Crippen molar-refractivity contribution in [1.29, 1.82) is 0 Å². The van der Waals surface area contributed by atoms with Gasteiger partial charge >= 0.3 is 0 Å². The number of aryl methyl sites for hydroxylation is 1. The van der Waals surface area contributed by atoms with Gasteiger partial charge in [0.05, 0.1) is 0 Å². The normalized spacial score (nSPS) is 16.8. The first-order valence-electron chi connectivity index (χ1n) is 6.98. The van der Waals surface area contributed by atoms with Gasteiger partial charge in [-0.25, -0.2) is 9.97 Å². The van der Waals surface area contributed by atoms with E-state index in [1.807, 2.05) is 18.7 Å². The molecule has 5 heteroatoms. The molecule has 1 fully saturated rings. The highest BCUT2D eigenvalue weighted by Crippen LogP contribution is 2.42. The Morgan fingerprint density at radius 2 is 1.79 bits per heavy atom. The van der Waals surface area contributed by atoms with E-state index in [9.17, 15) is 0 Å². The molecule has 2 N–H and O–H groups in total. The lowest BCUT2D eigenvalue weighted by Crippen LogP contribution is -2.40. The quantitative estimate of drug-likeness (QED) is 0.838. The predicted octanol–water partition coefficient (Wildman–Crippen LogP) is 3.22. The zero-order valence-electron chi connectivity index (χ0n) is 12.3. The van der Waals surface area contributed by atoms with Gasteiger partial charge in [0.25, 0.3) is 0 Å². The number of nitrogens with zero attached hydrogens (tertiary/aromatic N) is 2. The van der Waals surface area contributed by atoms with Crippen molar-refractivity contribution in [3.63, 3.8) is 0 Å². The van der Waals surface area contributed by atoms with E-state index in [-0.39, 0.29) is 0 Å². The van der Waals surface area contributed by atoms with Crippen LogP contribution in [-0.2, 0) is 0 Å². The van der Waals surface area contributed by atoms with Gasteiger partial charge in [0, 0.05) is 23.4 Å². The van der Waals surface area contributed by atoms with Gasteiger partial charge in [-0.3, -0.25) is 0 Å². The number of rotatable bonds is 6. The Kier molecular flexibility index (Phi) is 4.55. The SMILES string of the molecule is CCNc1nc(C)nc(NCC2(SC)CCC2)c1C. The summed E-state index contributed by atoms with van der Waals surface area (Å²) in [6.45, 7) is 7.98. The molecule has 0 spiro atoms. The van der Waals surface area contributed by atoms with Crippen LogP contribution in [0.4, 0.5) is 11.6 Å². The smallest absolute Gasteiger partial charge is 0.134 e. The summed E-state index contributed by atoms with van der Waals surface area (Å²) >= 11 is 1.98. The predicted molar refractivity (Wildman–Crippen MR) is 84.3 cm³/mol. The third-order valence-electron chi connectivity index (χ3n) is 3.88. The maximum absolute atomic E-state index is 4.54. The van der Waals surface area contributed by atoms with Crippen LogP contribution in [0.2, 0.25) is 0 Å². The maximum atomic E-state index is 4.54. The number of nitrogens with one attached hydrogen (secondary N) is 2. The highest BCUT2D eigenvalue weighted by atomic mass is 32.2. The topological polar surface area (TPSA) is 49.8 Å². The highest BCUT2D eigenvalue weighted by molar-refractivity contribution is 8.00.